The molecule has 1 aliphatic rings. The zero-order valence-corrected chi connectivity index (χ0v) is 16.6. The summed E-state index contributed by atoms with van der Waals surface area (Å²) < 4.78 is 38.6. The number of nitrogens with zero attached hydrogens (tertiary/aromatic N) is 3. The number of hydrogen-bond acceptors (Lipinski definition) is 6. The van der Waals surface area contributed by atoms with Crippen LogP contribution in [0.3, 0.4) is 0 Å². The fourth-order valence-corrected chi connectivity index (χ4v) is 3.98. The minimum absolute atomic E-state index is 0.129. The summed E-state index contributed by atoms with van der Waals surface area (Å²) in [5.41, 5.74) is 2.21. The van der Waals surface area contributed by atoms with Crippen LogP contribution in [0, 0.1) is 6.92 Å². The first-order valence-electron chi connectivity index (χ1n) is 9.02. The highest BCUT2D eigenvalue weighted by molar-refractivity contribution is 7.16. The fraction of sp³-hybridized carbons (Fsp3) is 0.200. The molecule has 30 heavy (non-hydrogen) atoms. The largest absolute Gasteiger partial charge is 0.433 e. The van der Waals surface area contributed by atoms with Crippen molar-refractivity contribution in [1.29, 1.82) is 0 Å². The molecule has 0 saturated carbocycles. The number of rotatable bonds is 4. The third kappa shape index (κ3) is 4.48. The summed E-state index contributed by atoms with van der Waals surface area (Å²) in [7, 11) is 0. The lowest BCUT2D eigenvalue weighted by Gasteiger charge is -2.11. The standard InChI is InChI=1S/C20H16F3N5OS/c1-11-6-13(15-10-26-18(30-15)12-2-4-24-17(29)9-12)8-14(7-11)27-19-25-5-3-16(28-19)20(21,22)23/h3,5-10H,2,4H2,1H3,(H,24,29)(H,25,27,28). The Bertz CT molecular complexity index is 1140. The van der Waals surface area contributed by atoms with Crippen molar-refractivity contribution in [2.24, 2.45) is 0 Å². The van der Waals surface area contributed by atoms with Gasteiger partial charge in [-0.15, -0.1) is 11.3 Å². The van der Waals surface area contributed by atoms with Gasteiger partial charge in [0.05, 0.1) is 4.88 Å². The molecular formula is C20H16F3N5OS. The van der Waals surface area contributed by atoms with Crippen molar-refractivity contribution in [2.75, 3.05) is 11.9 Å². The van der Waals surface area contributed by atoms with Crippen molar-refractivity contribution in [3.8, 4) is 10.4 Å². The minimum atomic E-state index is -4.54. The fourth-order valence-electron chi connectivity index (χ4n) is 3.03. The van der Waals surface area contributed by atoms with Gasteiger partial charge in [0.15, 0.2) is 0 Å². The molecule has 1 aromatic carbocycles. The molecule has 0 bridgehead atoms. The third-order valence-electron chi connectivity index (χ3n) is 4.34. The highest BCUT2D eigenvalue weighted by Gasteiger charge is 2.32. The van der Waals surface area contributed by atoms with Crippen molar-refractivity contribution in [1.82, 2.24) is 20.3 Å². The maximum Gasteiger partial charge on any atom is 0.433 e. The molecule has 1 amide bonds. The number of amides is 1. The van der Waals surface area contributed by atoms with Crippen molar-refractivity contribution in [3.63, 3.8) is 0 Å². The van der Waals surface area contributed by atoms with E-state index in [0.717, 1.165) is 38.8 Å². The van der Waals surface area contributed by atoms with E-state index in [1.54, 1.807) is 24.4 Å². The van der Waals surface area contributed by atoms with E-state index in [1.165, 1.54) is 11.3 Å². The third-order valence-corrected chi connectivity index (χ3v) is 5.47. The molecule has 2 aromatic heterocycles. The molecule has 0 spiro atoms. The summed E-state index contributed by atoms with van der Waals surface area (Å²) in [5.74, 6) is -0.263. The first-order chi connectivity index (χ1) is 14.3. The van der Waals surface area contributed by atoms with Gasteiger partial charge in [-0.1, -0.05) is 6.07 Å². The van der Waals surface area contributed by atoms with Gasteiger partial charge in [0.25, 0.3) is 0 Å². The van der Waals surface area contributed by atoms with Gasteiger partial charge in [-0.3, -0.25) is 4.79 Å². The van der Waals surface area contributed by atoms with Crippen LogP contribution in [0.5, 0.6) is 0 Å². The number of thiazole rings is 1. The highest BCUT2D eigenvalue weighted by Crippen LogP contribution is 2.34. The zero-order chi connectivity index (χ0) is 21.3. The van der Waals surface area contributed by atoms with Crippen LogP contribution in [0.4, 0.5) is 24.8 Å². The van der Waals surface area contributed by atoms with Crippen molar-refractivity contribution >= 4 is 34.5 Å². The summed E-state index contributed by atoms with van der Waals surface area (Å²) in [6.07, 6.45) is 0.526. The van der Waals surface area contributed by atoms with Crippen LogP contribution in [-0.2, 0) is 11.0 Å². The van der Waals surface area contributed by atoms with Crippen LogP contribution in [-0.4, -0.2) is 27.4 Å². The van der Waals surface area contributed by atoms with E-state index in [0.29, 0.717) is 18.7 Å². The minimum Gasteiger partial charge on any atom is -0.352 e. The number of hydrogen-bond donors (Lipinski definition) is 2. The molecule has 2 N–H and O–H groups in total. The Labute approximate surface area is 173 Å². The topological polar surface area (TPSA) is 79.8 Å². The SMILES string of the molecule is Cc1cc(Nc2nccc(C(F)(F)F)n2)cc(-c2cnc(C3=CC(=O)NCC3)s2)c1. The van der Waals surface area contributed by atoms with Crippen molar-refractivity contribution in [2.45, 2.75) is 19.5 Å². The highest BCUT2D eigenvalue weighted by atomic mass is 32.1. The van der Waals surface area contributed by atoms with Crippen LogP contribution in [0.2, 0.25) is 0 Å². The molecule has 10 heteroatoms. The first-order valence-corrected chi connectivity index (χ1v) is 9.83. The number of nitrogens with one attached hydrogen (secondary N) is 2. The lowest BCUT2D eigenvalue weighted by molar-refractivity contribution is -0.141. The molecule has 154 valence electrons. The van der Waals surface area contributed by atoms with Crippen molar-refractivity contribution < 1.29 is 18.0 Å². The number of alkyl halides is 3. The average Bonchev–Trinajstić information content (AvgIpc) is 3.17. The Morgan fingerprint density at radius 3 is 2.80 bits per heavy atom. The Hall–Kier alpha value is -3.27. The maximum atomic E-state index is 12.9. The molecule has 1 aliphatic heterocycles. The van der Waals surface area contributed by atoms with E-state index in [-0.39, 0.29) is 11.9 Å². The second-order valence-corrected chi connectivity index (χ2v) is 7.75. The quantitative estimate of drug-likeness (QED) is 0.632. The summed E-state index contributed by atoms with van der Waals surface area (Å²) >= 11 is 1.46. The molecule has 0 saturated heterocycles. The zero-order valence-electron chi connectivity index (χ0n) is 15.7. The van der Waals surface area contributed by atoms with Gasteiger partial charge < -0.3 is 10.6 Å². The summed E-state index contributed by atoms with van der Waals surface area (Å²) in [6, 6.07) is 6.38. The van der Waals surface area contributed by atoms with Gasteiger partial charge in [0.2, 0.25) is 11.9 Å². The predicted molar refractivity (Wildman–Crippen MR) is 108 cm³/mol. The molecule has 0 unspecified atom stereocenters. The number of carbonyl (C=O) groups excluding carboxylic acids is 1. The van der Waals surface area contributed by atoms with E-state index in [2.05, 4.69) is 25.6 Å². The molecule has 0 fully saturated rings. The molecule has 3 aromatic rings. The van der Waals surface area contributed by atoms with Crippen LogP contribution in [0.15, 0.2) is 42.7 Å². The van der Waals surface area contributed by atoms with Gasteiger partial charge in [-0.25, -0.2) is 15.0 Å². The second-order valence-electron chi connectivity index (χ2n) is 6.72. The number of halogens is 3. The predicted octanol–water partition coefficient (Wildman–Crippen LogP) is 4.57. The monoisotopic (exact) mass is 431 g/mol. The van der Waals surface area contributed by atoms with Crippen molar-refractivity contribution in [3.05, 3.63) is 59.0 Å². The van der Waals surface area contributed by atoms with Gasteiger partial charge in [-0.2, -0.15) is 13.2 Å². The summed E-state index contributed by atoms with van der Waals surface area (Å²) in [6.45, 7) is 2.46. The van der Waals surface area contributed by atoms with Crippen LogP contribution in [0.25, 0.3) is 16.0 Å². The van der Waals surface area contributed by atoms with Crippen LogP contribution in [0.1, 0.15) is 22.7 Å². The first kappa shape index (κ1) is 20.0. The van der Waals surface area contributed by atoms with E-state index < -0.39 is 11.9 Å². The molecular weight excluding hydrogens is 415 g/mol. The Morgan fingerprint density at radius 1 is 1.20 bits per heavy atom. The number of carbonyl (C=O) groups is 1. The summed E-state index contributed by atoms with van der Waals surface area (Å²) in [4.78, 5) is 24.3. The van der Waals surface area contributed by atoms with Crippen LogP contribution >= 0.6 is 11.3 Å². The number of benzene rings is 1. The molecule has 4 rings (SSSR count). The van der Waals surface area contributed by atoms with Gasteiger partial charge >= 0.3 is 6.18 Å². The lowest BCUT2D eigenvalue weighted by Crippen LogP contribution is -2.26. The number of aromatic nitrogens is 3. The Balaban J connectivity index is 1.61. The Kier molecular flexibility index (Phi) is 5.25. The van der Waals surface area contributed by atoms with E-state index >= 15 is 0 Å². The van der Waals surface area contributed by atoms with E-state index in [1.807, 2.05) is 13.0 Å². The van der Waals surface area contributed by atoms with E-state index in [9.17, 15) is 18.0 Å². The number of aryl methyl sites for hydroxylation is 1. The normalized spacial score (nSPS) is 14.3. The smallest absolute Gasteiger partial charge is 0.352 e. The molecule has 0 atom stereocenters. The van der Waals surface area contributed by atoms with Gasteiger partial charge in [0.1, 0.15) is 10.7 Å². The second kappa shape index (κ2) is 7.86. The van der Waals surface area contributed by atoms with Gasteiger partial charge in [0, 0.05) is 30.7 Å². The summed E-state index contributed by atoms with van der Waals surface area (Å²) in [5, 5.41) is 6.36. The molecule has 3 heterocycles. The Morgan fingerprint density at radius 2 is 2.03 bits per heavy atom. The maximum absolute atomic E-state index is 12.9. The van der Waals surface area contributed by atoms with Crippen LogP contribution < -0.4 is 10.6 Å². The van der Waals surface area contributed by atoms with Gasteiger partial charge in [-0.05, 0) is 48.2 Å². The number of anilines is 2. The lowest BCUT2D eigenvalue weighted by atomic mass is 10.1. The average molecular weight is 431 g/mol. The molecule has 0 aliphatic carbocycles. The van der Waals surface area contributed by atoms with E-state index in [4.69, 9.17) is 0 Å². The molecule has 6 nitrogen and oxygen atoms in total. The molecule has 0 radical (unpaired) electrons.